The topological polar surface area (TPSA) is 75.7 Å². The highest BCUT2D eigenvalue weighted by Gasteiger charge is 2.33. The molecule has 1 aliphatic heterocycles. The van der Waals surface area contributed by atoms with E-state index >= 15 is 0 Å². The van der Waals surface area contributed by atoms with Crippen molar-refractivity contribution in [3.63, 3.8) is 0 Å². The van der Waals surface area contributed by atoms with Gasteiger partial charge < -0.3 is 15.0 Å². The lowest BCUT2D eigenvalue weighted by molar-refractivity contribution is -0.152. The molecule has 1 aliphatic carbocycles. The third kappa shape index (κ3) is 5.55. The van der Waals surface area contributed by atoms with Gasteiger partial charge in [0.1, 0.15) is 6.54 Å². The number of nitrogens with zero attached hydrogens (tertiary/aromatic N) is 1. The van der Waals surface area contributed by atoms with Gasteiger partial charge >= 0.3 is 5.97 Å². The Morgan fingerprint density at radius 1 is 0.875 bits per heavy atom. The summed E-state index contributed by atoms with van der Waals surface area (Å²) in [5.74, 6) is 0.217. The normalized spacial score (nSPS) is 20.2. The van der Waals surface area contributed by atoms with Gasteiger partial charge in [0.25, 0.3) is 11.8 Å². The molecule has 1 N–H and O–H groups in total. The number of rotatable bonds is 6. The van der Waals surface area contributed by atoms with Crippen LogP contribution < -0.4 is 5.32 Å². The molecule has 6 heteroatoms. The number of likely N-dealkylation sites (tertiary alicyclic amines) is 1. The largest absolute Gasteiger partial charge is 0.454 e. The zero-order valence-corrected chi connectivity index (χ0v) is 18.3. The van der Waals surface area contributed by atoms with Crippen LogP contribution in [0.3, 0.4) is 0 Å². The third-order valence-electron chi connectivity index (χ3n) is 6.65. The lowest BCUT2D eigenvalue weighted by Gasteiger charge is -2.41. The summed E-state index contributed by atoms with van der Waals surface area (Å²) in [6.07, 6.45) is 6.05. The number of benzene rings is 2. The van der Waals surface area contributed by atoms with Crippen LogP contribution in [0.15, 0.2) is 54.6 Å². The quantitative estimate of drug-likeness (QED) is 0.704. The van der Waals surface area contributed by atoms with Crippen LogP contribution in [0.5, 0.6) is 0 Å². The van der Waals surface area contributed by atoms with Crippen LogP contribution in [0.1, 0.15) is 42.5 Å². The van der Waals surface area contributed by atoms with Crippen molar-refractivity contribution >= 4 is 17.8 Å². The first-order valence-corrected chi connectivity index (χ1v) is 11.5. The SMILES string of the molecule is O=C(CNC(=O)c1ccc(-c2ccccc2)cc1)OCC(=O)N1CC[C@H]2CCCC[C@@H]2C1. The molecule has 0 spiro atoms. The van der Waals surface area contributed by atoms with Crippen molar-refractivity contribution in [3.8, 4) is 11.1 Å². The summed E-state index contributed by atoms with van der Waals surface area (Å²) in [5, 5.41) is 2.56. The number of hydrogen-bond acceptors (Lipinski definition) is 4. The predicted molar refractivity (Wildman–Crippen MR) is 122 cm³/mol. The molecule has 0 radical (unpaired) electrons. The van der Waals surface area contributed by atoms with Gasteiger partial charge in [0.2, 0.25) is 0 Å². The van der Waals surface area contributed by atoms with E-state index in [-0.39, 0.29) is 25.0 Å². The molecule has 1 heterocycles. The van der Waals surface area contributed by atoms with E-state index in [1.807, 2.05) is 47.4 Å². The van der Waals surface area contributed by atoms with Crippen molar-refractivity contribution in [1.82, 2.24) is 10.2 Å². The second kappa shape index (κ2) is 10.4. The van der Waals surface area contributed by atoms with Gasteiger partial charge in [-0.15, -0.1) is 0 Å². The monoisotopic (exact) mass is 434 g/mol. The molecule has 1 saturated carbocycles. The molecule has 6 nitrogen and oxygen atoms in total. The summed E-state index contributed by atoms with van der Waals surface area (Å²) in [6.45, 7) is 0.985. The summed E-state index contributed by atoms with van der Waals surface area (Å²) in [6, 6.07) is 17.1. The first kappa shape index (κ1) is 22.1. The average molecular weight is 435 g/mol. The van der Waals surface area contributed by atoms with Gasteiger partial charge in [-0.2, -0.15) is 0 Å². The first-order chi connectivity index (χ1) is 15.6. The molecule has 2 aliphatic rings. The van der Waals surface area contributed by atoms with E-state index in [0.29, 0.717) is 11.5 Å². The molecular weight excluding hydrogens is 404 g/mol. The highest BCUT2D eigenvalue weighted by Crippen LogP contribution is 2.36. The maximum Gasteiger partial charge on any atom is 0.325 e. The number of piperidine rings is 1. The predicted octanol–water partition coefficient (Wildman–Crippen LogP) is 3.67. The van der Waals surface area contributed by atoms with Gasteiger partial charge in [0, 0.05) is 18.7 Å². The smallest absolute Gasteiger partial charge is 0.325 e. The van der Waals surface area contributed by atoms with E-state index in [4.69, 9.17) is 4.74 Å². The Morgan fingerprint density at radius 2 is 1.56 bits per heavy atom. The minimum absolute atomic E-state index is 0.148. The standard InChI is InChI=1S/C26H30N2O4/c29-24(28-15-14-20-8-4-5-9-23(20)17-28)18-32-25(30)16-27-26(31)22-12-10-21(11-13-22)19-6-2-1-3-7-19/h1-3,6-7,10-13,20,23H,4-5,8-9,14-18H2,(H,27,31)/t20-,23-/m1/s1. The summed E-state index contributed by atoms with van der Waals surface area (Å²) in [4.78, 5) is 38.6. The molecule has 2 amide bonds. The lowest BCUT2D eigenvalue weighted by atomic mass is 9.75. The Bertz CT molecular complexity index is 942. The number of fused-ring (bicyclic) bond motifs is 1. The summed E-state index contributed by atoms with van der Waals surface area (Å²) in [7, 11) is 0. The Morgan fingerprint density at radius 3 is 2.31 bits per heavy atom. The summed E-state index contributed by atoms with van der Waals surface area (Å²) >= 11 is 0. The van der Waals surface area contributed by atoms with E-state index in [2.05, 4.69) is 5.32 Å². The number of esters is 1. The van der Waals surface area contributed by atoms with Crippen molar-refractivity contribution in [1.29, 1.82) is 0 Å². The number of carbonyl (C=O) groups excluding carboxylic acids is 3. The van der Waals surface area contributed by atoms with Crippen LogP contribution in [0.2, 0.25) is 0 Å². The van der Waals surface area contributed by atoms with Crippen molar-refractivity contribution < 1.29 is 19.1 Å². The fourth-order valence-corrected chi connectivity index (χ4v) is 4.81. The highest BCUT2D eigenvalue weighted by atomic mass is 16.5. The van der Waals surface area contributed by atoms with Gasteiger partial charge in [-0.05, 0) is 47.9 Å². The molecule has 2 aromatic rings. The highest BCUT2D eigenvalue weighted by molar-refractivity contribution is 5.96. The Kier molecular flexibility index (Phi) is 7.20. The van der Waals surface area contributed by atoms with Gasteiger partial charge in [-0.1, -0.05) is 61.7 Å². The minimum Gasteiger partial charge on any atom is -0.454 e. The number of nitrogens with one attached hydrogen (secondary N) is 1. The Hall–Kier alpha value is -3.15. The Labute approximate surface area is 188 Å². The molecular formula is C26H30N2O4. The van der Waals surface area contributed by atoms with Gasteiger partial charge in [0.05, 0.1) is 0 Å². The summed E-state index contributed by atoms with van der Waals surface area (Å²) < 4.78 is 5.11. The second-order valence-corrected chi connectivity index (χ2v) is 8.72. The molecule has 2 aromatic carbocycles. The van der Waals surface area contributed by atoms with Crippen LogP contribution in [-0.4, -0.2) is 48.9 Å². The van der Waals surface area contributed by atoms with Crippen LogP contribution in [0.4, 0.5) is 0 Å². The minimum atomic E-state index is -0.611. The van der Waals surface area contributed by atoms with E-state index in [1.54, 1.807) is 12.1 Å². The molecule has 4 rings (SSSR count). The Balaban J connectivity index is 1.19. The van der Waals surface area contributed by atoms with E-state index in [9.17, 15) is 14.4 Å². The maximum absolute atomic E-state index is 12.4. The number of amides is 2. The summed E-state index contributed by atoms with van der Waals surface area (Å²) in [5.41, 5.74) is 2.54. The molecule has 1 saturated heterocycles. The van der Waals surface area contributed by atoms with Crippen LogP contribution >= 0.6 is 0 Å². The maximum atomic E-state index is 12.4. The van der Waals surface area contributed by atoms with Gasteiger partial charge in [-0.25, -0.2) is 0 Å². The third-order valence-corrected chi connectivity index (χ3v) is 6.65. The van der Waals surface area contributed by atoms with Crippen molar-refractivity contribution in [2.75, 3.05) is 26.2 Å². The van der Waals surface area contributed by atoms with Gasteiger partial charge in [0.15, 0.2) is 6.61 Å². The fourth-order valence-electron chi connectivity index (χ4n) is 4.81. The molecule has 2 atom stereocenters. The molecule has 0 unspecified atom stereocenters. The zero-order chi connectivity index (χ0) is 22.3. The fraction of sp³-hybridized carbons (Fsp3) is 0.423. The first-order valence-electron chi connectivity index (χ1n) is 11.5. The molecule has 2 fully saturated rings. The number of ether oxygens (including phenoxy) is 1. The van der Waals surface area contributed by atoms with E-state index < -0.39 is 5.97 Å². The molecule has 32 heavy (non-hydrogen) atoms. The number of carbonyl (C=O) groups is 3. The van der Waals surface area contributed by atoms with Crippen molar-refractivity contribution in [3.05, 3.63) is 60.2 Å². The average Bonchev–Trinajstić information content (AvgIpc) is 2.86. The number of hydrogen-bond donors (Lipinski definition) is 1. The van der Waals surface area contributed by atoms with Crippen LogP contribution in [0, 0.1) is 11.8 Å². The van der Waals surface area contributed by atoms with E-state index in [0.717, 1.165) is 36.6 Å². The molecule has 0 bridgehead atoms. The molecule has 0 aromatic heterocycles. The lowest BCUT2D eigenvalue weighted by Crippen LogP contribution is -2.46. The zero-order valence-electron chi connectivity index (χ0n) is 18.3. The second-order valence-electron chi connectivity index (χ2n) is 8.72. The van der Waals surface area contributed by atoms with Crippen LogP contribution in [0.25, 0.3) is 11.1 Å². The molecule has 168 valence electrons. The van der Waals surface area contributed by atoms with Crippen LogP contribution in [-0.2, 0) is 14.3 Å². The van der Waals surface area contributed by atoms with Crippen molar-refractivity contribution in [2.45, 2.75) is 32.1 Å². The van der Waals surface area contributed by atoms with E-state index in [1.165, 1.54) is 25.7 Å². The van der Waals surface area contributed by atoms with Gasteiger partial charge in [-0.3, -0.25) is 14.4 Å². The van der Waals surface area contributed by atoms with Crippen molar-refractivity contribution in [2.24, 2.45) is 11.8 Å².